The van der Waals surface area contributed by atoms with Gasteiger partial charge in [-0.25, -0.2) is 0 Å². The number of aromatic nitrogens is 4. The molecular weight excluding hydrogens is 388 g/mol. The number of hydrogen-bond acceptors (Lipinski definition) is 7. The number of carbonyl (C=O) groups excluding carboxylic acids is 1. The summed E-state index contributed by atoms with van der Waals surface area (Å²) in [4.78, 5) is 26.8. The number of aryl methyl sites for hydroxylation is 2. The molecule has 0 aliphatic heterocycles. The summed E-state index contributed by atoms with van der Waals surface area (Å²) in [7, 11) is 0. The molecule has 0 atom stereocenters. The first-order valence-corrected chi connectivity index (χ1v) is 8.76. The third kappa shape index (κ3) is 4.34. The van der Waals surface area contributed by atoms with Crippen molar-refractivity contribution in [3.8, 4) is 11.4 Å². The number of nitrogens with zero attached hydrogens (tertiary/aromatic N) is 5. The summed E-state index contributed by atoms with van der Waals surface area (Å²) in [6, 6.07) is 7.03. The Morgan fingerprint density at radius 1 is 1.39 bits per heavy atom. The molecule has 1 N–H and O–H groups in total. The Morgan fingerprint density at radius 2 is 2.18 bits per heavy atom. The van der Waals surface area contributed by atoms with Crippen molar-refractivity contribution in [2.45, 2.75) is 33.4 Å². The molecule has 3 aromatic rings. The van der Waals surface area contributed by atoms with Crippen molar-refractivity contribution in [2.24, 2.45) is 0 Å². The van der Waals surface area contributed by atoms with E-state index in [1.54, 1.807) is 38.1 Å². The van der Waals surface area contributed by atoms with Crippen molar-refractivity contribution in [3.63, 3.8) is 0 Å². The topological polar surface area (TPSA) is 129 Å². The molecule has 0 aliphatic rings. The second kappa shape index (κ2) is 8.17. The number of amides is 1. The van der Waals surface area contributed by atoms with E-state index in [2.05, 4.69) is 20.6 Å². The van der Waals surface area contributed by atoms with Gasteiger partial charge in [-0.15, -0.1) is 0 Å². The van der Waals surface area contributed by atoms with Crippen molar-refractivity contribution in [1.82, 2.24) is 25.2 Å². The highest BCUT2D eigenvalue weighted by Crippen LogP contribution is 2.22. The summed E-state index contributed by atoms with van der Waals surface area (Å²) in [5.41, 5.74) is 1.42. The van der Waals surface area contributed by atoms with Crippen LogP contribution in [0.1, 0.15) is 23.7 Å². The quantitative estimate of drug-likeness (QED) is 0.473. The van der Waals surface area contributed by atoms with Crippen molar-refractivity contribution in [1.29, 1.82) is 0 Å². The number of nitrogens with one attached hydrogen (secondary N) is 1. The second-order valence-corrected chi connectivity index (χ2v) is 6.48. The van der Waals surface area contributed by atoms with E-state index < -0.39 is 4.92 Å². The van der Waals surface area contributed by atoms with Crippen LogP contribution < -0.4 is 5.32 Å². The third-order valence-electron chi connectivity index (χ3n) is 4.06. The van der Waals surface area contributed by atoms with Gasteiger partial charge in [-0.05, 0) is 26.0 Å². The van der Waals surface area contributed by atoms with Crippen LogP contribution in [0.5, 0.6) is 0 Å². The lowest BCUT2D eigenvalue weighted by Crippen LogP contribution is -2.24. The van der Waals surface area contributed by atoms with E-state index >= 15 is 0 Å². The van der Waals surface area contributed by atoms with E-state index in [-0.39, 0.29) is 37.0 Å². The van der Waals surface area contributed by atoms with Crippen LogP contribution in [-0.2, 0) is 17.9 Å². The van der Waals surface area contributed by atoms with E-state index in [9.17, 15) is 14.9 Å². The molecule has 0 saturated carbocycles. The lowest BCUT2D eigenvalue weighted by Gasteiger charge is -2.04. The van der Waals surface area contributed by atoms with Crippen molar-refractivity contribution >= 4 is 23.2 Å². The van der Waals surface area contributed by atoms with E-state index in [0.717, 1.165) is 0 Å². The molecule has 10 nitrogen and oxygen atoms in total. The van der Waals surface area contributed by atoms with Gasteiger partial charge in [0.15, 0.2) is 0 Å². The molecule has 0 spiro atoms. The Labute approximate surface area is 164 Å². The summed E-state index contributed by atoms with van der Waals surface area (Å²) in [5, 5.41) is 22.2. The average molecular weight is 405 g/mol. The first-order valence-electron chi connectivity index (χ1n) is 8.38. The summed E-state index contributed by atoms with van der Waals surface area (Å²) in [6.45, 7) is 3.47. The van der Waals surface area contributed by atoms with Gasteiger partial charge in [-0.2, -0.15) is 10.1 Å². The van der Waals surface area contributed by atoms with Crippen molar-refractivity contribution < 1.29 is 14.2 Å². The molecule has 146 valence electrons. The lowest BCUT2D eigenvalue weighted by atomic mass is 10.2. The molecule has 28 heavy (non-hydrogen) atoms. The second-order valence-electron chi connectivity index (χ2n) is 6.05. The van der Waals surface area contributed by atoms with E-state index in [1.165, 1.54) is 4.68 Å². The minimum Gasteiger partial charge on any atom is -0.347 e. The largest absolute Gasteiger partial charge is 0.347 e. The van der Waals surface area contributed by atoms with Crippen LogP contribution in [0.3, 0.4) is 0 Å². The highest BCUT2D eigenvalue weighted by molar-refractivity contribution is 6.30. The molecule has 1 amide bonds. The molecule has 2 heterocycles. The Hall–Kier alpha value is -3.27. The average Bonchev–Trinajstić information content (AvgIpc) is 3.22. The van der Waals surface area contributed by atoms with Gasteiger partial charge in [0.25, 0.3) is 0 Å². The fourth-order valence-corrected chi connectivity index (χ4v) is 2.90. The maximum atomic E-state index is 12.1. The fraction of sp³-hybridized carbons (Fsp3) is 0.294. The van der Waals surface area contributed by atoms with Crippen LogP contribution in [0.2, 0.25) is 5.02 Å². The highest BCUT2D eigenvalue weighted by Gasteiger charge is 2.21. The predicted octanol–water partition coefficient (Wildman–Crippen LogP) is 2.82. The molecule has 11 heteroatoms. The first kappa shape index (κ1) is 19.5. The molecule has 1 aromatic carbocycles. The molecule has 0 unspecified atom stereocenters. The fourth-order valence-electron chi connectivity index (χ4n) is 2.71. The summed E-state index contributed by atoms with van der Waals surface area (Å²) >= 11 is 5.94. The van der Waals surface area contributed by atoms with Crippen LogP contribution in [0.15, 0.2) is 28.8 Å². The molecule has 3 rings (SSSR count). The monoisotopic (exact) mass is 404 g/mol. The van der Waals surface area contributed by atoms with E-state index in [4.69, 9.17) is 16.1 Å². The van der Waals surface area contributed by atoms with Crippen LogP contribution in [0, 0.1) is 24.0 Å². The maximum absolute atomic E-state index is 12.1. The van der Waals surface area contributed by atoms with Crippen LogP contribution >= 0.6 is 11.6 Å². The van der Waals surface area contributed by atoms with Gasteiger partial charge in [0.1, 0.15) is 11.4 Å². The number of hydrogen-bond donors (Lipinski definition) is 1. The third-order valence-corrected chi connectivity index (χ3v) is 4.30. The number of carbonyl (C=O) groups is 1. The maximum Gasteiger partial charge on any atom is 0.312 e. The zero-order valence-corrected chi connectivity index (χ0v) is 15.9. The Balaban J connectivity index is 1.54. The zero-order valence-electron chi connectivity index (χ0n) is 15.2. The van der Waals surface area contributed by atoms with Gasteiger partial charge in [0.05, 0.1) is 18.0 Å². The molecular formula is C17H17ClN6O4. The lowest BCUT2D eigenvalue weighted by molar-refractivity contribution is -0.386. The Kier molecular flexibility index (Phi) is 5.69. The standard InChI is InChI=1S/C17H17ClN6O4/c1-10-16(24(26)27)11(2)23(21-10)7-6-14(25)19-9-15-20-17(22-28-15)12-4-3-5-13(18)8-12/h3-5,8H,6-7,9H2,1-2H3,(H,19,25). The van der Waals surface area contributed by atoms with E-state index in [0.29, 0.717) is 27.8 Å². The SMILES string of the molecule is Cc1nn(CCC(=O)NCc2nc(-c3cccc(Cl)c3)no2)c(C)c1[N+](=O)[O-]. The molecule has 0 radical (unpaired) electrons. The van der Waals surface area contributed by atoms with Gasteiger partial charge < -0.3 is 9.84 Å². The molecule has 0 saturated heterocycles. The van der Waals surface area contributed by atoms with Gasteiger partial charge >= 0.3 is 5.69 Å². The molecule has 0 aliphatic carbocycles. The Morgan fingerprint density at radius 3 is 2.86 bits per heavy atom. The zero-order chi connectivity index (χ0) is 20.3. The van der Waals surface area contributed by atoms with Gasteiger partial charge in [-0.1, -0.05) is 28.9 Å². The van der Waals surface area contributed by atoms with Gasteiger partial charge in [-0.3, -0.25) is 19.6 Å². The Bertz CT molecular complexity index is 1030. The van der Waals surface area contributed by atoms with Gasteiger partial charge in [0.2, 0.25) is 17.6 Å². The molecule has 0 fully saturated rings. The van der Waals surface area contributed by atoms with Gasteiger partial charge in [0, 0.05) is 17.0 Å². The van der Waals surface area contributed by atoms with Crippen LogP contribution in [0.25, 0.3) is 11.4 Å². The van der Waals surface area contributed by atoms with Crippen molar-refractivity contribution in [2.75, 3.05) is 0 Å². The normalized spacial score (nSPS) is 10.8. The summed E-state index contributed by atoms with van der Waals surface area (Å²) in [6.07, 6.45) is 0.106. The minimum atomic E-state index is -0.471. The van der Waals surface area contributed by atoms with E-state index in [1.807, 2.05) is 0 Å². The minimum absolute atomic E-state index is 0.0280. The number of nitro groups is 1. The van der Waals surface area contributed by atoms with Crippen LogP contribution in [0.4, 0.5) is 5.69 Å². The van der Waals surface area contributed by atoms with Crippen LogP contribution in [-0.4, -0.2) is 30.8 Å². The first-order chi connectivity index (χ1) is 13.3. The smallest absolute Gasteiger partial charge is 0.312 e. The number of halogens is 1. The number of rotatable bonds is 7. The highest BCUT2D eigenvalue weighted by atomic mass is 35.5. The molecule has 2 aromatic heterocycles. The predicted molar refractivity (Wildman–Crippen MR) is 99.6 cm³/mol. The summed E-state index contributed by atoms with van der Waals surface area (Å²) in [5.74, 6) is 0.365. The molecule has 0 bridgehead atoms. The van der Waals surface area contributed by atoms with Crippen molar-refractivity contribution in [3.05, 3.63) is 56.7 Å². The summed E-state index contributed by atoms with van der Waals surface area (Å²) < 4.78 is 6.58. The number of benzene rings is 1.